The predicted octanol–water partition coefficient (Wildman–Crippen LogP) is 4.56. The molecular weight excluding hydrogens is 460 g/mol. The van der Waals surface area contributed by atoms with Crippen LogP contribution in [0.15, 0.2) is 66.7 Å². The van der Waals surface area contributed by atoms with Crippen LogP contribution in [0.25, 0.3) is 0 Å². The molecule has 1 fully saturated rings. The number of piperazine rings is 1. The maximum absolute atomic E-state index is 9.86. The van der Waals surface area contributed by atoms with Crippen molar-refractivity contribution in [1.82, 2.24) is 4.90 Å². The van der Waals surface area contributed by atoms with E-state index >= 15 is 0 Å². The largest absolute Gasteiger partial charge is 0.491 e. The van der Waals surface area contributed by atoms with E-state index in [1.165, 1.54) is 5.56 Å². The second kappa shape index (κ2) is 11.7. The molecule has 1 aliphatic rings. The highest BCUT2D eigenvalue weighted by atomic mass is 35.5. The smallest absolute Gasteiger partial charge is 0.120 e. The molecule has 0 bridgehead atoms. The number of aliphatic hydroxyl groups excluding tert-OH is 1. The van der Waals surface area contributed by atoms with Gasteiger partial charge < -0.3 is 14.7 Å². The van der Waals surface area contributed by atoms with Crippen LogP contribution in [0.5, 0.6) is 5.75 Å². The number of halogens is 1. The van der Waals surface area contributed by atoms with Gasteiger partial charge in [-0.1, -0.05) is 35.9 Å². The Kier molecular flexibility index (Phi) is 8.23. The molecule has 0 radical (unpaired) electrons. The average molecular weight is 487 g/mol. The molecule has 0 spiro atoms. The molecule has 0 amide bonds. The Bertz CT molecular complexity index is 1220. The van der Waals surface area contributed by atoms with Crippen LogP contribution < -0.4 is 9.64 Å². The Balaban J connectivity index is 1.55. The van der Waals surface area contributed by atoms with Crippen molar-refractivity contribution >= 4 is 17.3 Å². The van der Waals surface area contributed by atoms with Crippen molar-refractivity contribution in [3.63, 3.8) is 0 Å². The van der Waals surface area contributed by atoms with E-state index < -0.39 is 0 Å². The number of rotatable bonds is 8. The first-order chi connectivity index (χ1) is 17.1. The Morgan fingerprint density at radius 1 is 0.971 bits per heavy atom. The SMILES string of the molecule is N#Cc1ccc(CCN2CCN(c3ccc(OCCO)cc3C#N)[C@H](c3ccc(Cl)cc3)C2)cc1. The Morgan fingerprint density at radius 2 is 1.74 bits per heavy atom. The van der Waals surface area contributed by atoms with Crippen molar-refractivity contribution in [1.29, 1.82) is 10.5 Å². The lowest BCUT2D eigenvalue weighted by atomic mass is 9.99. The van der Waals surface area contributed by atoms with E-state index in [1.54, 1.807) is 6.07 Å². The number of aliphatic hydroxyl groups is 1. The lowest BCUT2D eigenvalue weighted by Gasteiger charge is -2.43. The molecule has 0 unspecified atom stereocenters. The molecule has 35 heavy (non-hydrogen) atoms. The summed E-state index contributed by atoms with van der Waals surface area (Å²) in [6.07, 6.45) is 0.902. The van der Waals surface area contributed by atoms with Gasteiger partial charge in [-0.15, -0.1) is 0 Å². The number of hydrogen-bond acceptors (Lipinski definition) is 6. The van der Waals surface area contributed by atoms with E-state index in [0.29, 0.717) is 21.9 Å². The lowest BCUT2D eigenvalue weighted by Crippen LogP contribution is -2.49. The van der Waals surface area contributed by atoms with Gasteiger partial charge in [-0.05, 0) is 60.0 Å². The molecule has 3 aromatic rings. The van der Waals surface area contributed by atoms with E-state index in [1.807, 2.05) is 48.5 Å². The van der Waals surface area contributed by atoms with Crippen LogP contribution >= 0.6 is 11.6 Å². The third-order valence-electron chi connectivity index (χ3n) is 6.28. The summed E-state index contributed by atoms with van der Waals surface area (Å²) in [5.74, 6) is 0.573. The standard InChI is InChI=1S/C28H27ClN4O2/c29-25-7-5-23(6-8-25)28-20-32(12-11-21-1-3-22(18-30)4-2-21)13-14-33(28)27-10-9-26(35-16-15-34)17-24(27)19-31/h1-10,17,28,34H,11-16,20H2/t28-/m0/s1. The molecular formula is C28H27ClN4O2. The topological polar surface area (TPSA) is 83.5 Å². The van der Waals surface area contributed by atoms with Gasteiger partial charge in [0.2, 0.25) is 0 Å². The van der Waals surface area contributed by atoms with Crippen LogP contribution in [0.3, 0.4) is 0 Å². The first-order valence-corrected chi connectivity index (χ1v) is 12.0. The Labute approximate surface area is 211 Å². The molecule has 4 rings (SSSR count). The number of nitriles is 2. The number of nitrogens with zero attached hydrogens (tertiary/aromatic N) is 4. The van der Waals surface area contributed by atoms with Gasteiger partial charge in [-0.3, -0.25) is 4.90 Å². The third-order valence-corrected chi connectivity index (χ3v) is 6.53. The van der Waals surface area contributed by atoms with Crippen LogP contribution in [0.4, 0.5) is 5.69 Å². The molecule has 0 aliphatic carbocycles. The third kappa shape index (κ3) is 6.12. The zero-order valence-electron chi connectivity index (χ0n) is 19.4. The summed E-state index contributed by atoms with van der Waals surface area (Å²) < 4.78 is 5.51. The molecule has 3 aromatic carbocycles. The maximum Gasteiger partial charge on any atom is 0.120 e. The highest BCUT2D eigenvalue weighted by Gasteiger charge is 2.30. The van der Waals surface area contributed by atoms with Gasteiger partial charge in [-0.2, -0.15) is 10.5 Å². The normalized spacial score (nSPS) is 15.9. The summed E-state index contributed by atoms with van der Waals surface area (Å²) in [5, 5.41) is 28.6. The second-order valence-electron chi connectivity index (χ2n) is 8.48. The van der Waals surface area contributed by atoms with Crippen LogP contribution in [0.2, 0.25) is 5.02 Å². The van der Waals surface area contributed by atoms with Gasteiger partial charge in [0.15, 0.2) is 0 Å². The van der Waals surface area contributed by atoms with Crippen LogP contribution in [-0.4, -0.2) is 49.4 Å². The molecule has 178 valence electrons. The highest BCUT2D eigenvalue weighted by Crippen LogP contribution is 2.35. The summed E-state index contributed by atoms with van der Waals surface area (Å²) in [5.41, 5.74) is 4.44. The first-order valence-electron chi connectivity index (χ1n) is 11.6. The fourth-order valence-corrected chi connectivity index (χ4v) is 4.57. The quantitative estimate of drug-likeness (QED) is 0.502. The summed E-state index contributed by atoms with van der Waals surface area (Å²) in [4.78, 5) is 4.73. The fraction of sp³-hybridized carbons (Fsp3) is 0.286. The Morgan fingerprint density at radius 3 is 2.43 bits per heavy atom. The van der Waals surface area contributed by atoms with Crippen LogP contribution in [-0.2, 0) is 6.42 Å². The number of anilines is 1. The maximum atomic E-state index is 9.86. The van der Waals surface area contributed by atoms with Crippen LogP contribution in [0, 0.1) is 22.7 Å². The van der Waals surface area contributed by atoms with E-state index in [-0.39, 0.29) is 19.3 Å². The monoisotopic (exact) mass is 486 g/mol. The van der Waals surface area contributed by atoms with Gasteiger partial charge in [0.1, 0.15) is 18.4 Å². The summed E-state index contributed by atoms with van der Waals surface area (Å²) in [6, 6.07) is 25.7. The van der Waals surface area contributed by atoms with E-state index in [2.05, 4.69) is 34.1 Å². The second-order valence-corrected chi connectivity index (χ2v) is 8.92. The molecule has 1 atom stereocenters. The van der Waals surface area contributed by atoms with Gasteiger partial charge in [0.25, 0.3) is 0 Å². The highest BCUT2D eigenvalue weighted by molar-refractivity contribution is 6.30. The van der Waals surface area contributed by atoms with Crippen molar-refractivity contribution in [2.45, 2.75) is 12.5 Å². The average Bonchev–Trinajstić information content (AvgIpc) is 2.91. The molecule has 1 N–H and O–H groups in total. The molecule has 1 heterocycles. The van der Waals surface area contributed by atoms with Crippen molar-refractivity contribution in [2.24, 2.45) is 0 Å². The number of ether oxygens (including phenoxy) is 1. The van der Waals surface area contributed by atoms with Crippen molar-refractivity contribution in [3.05, 3.63) is 94.0 Å². The summed E-state index contributed by atoms with van der Waals surface area (Å²) in [7, 11) is 0. The molecule has 1 aliphatic heterocycles. The number of benzene rings is 3. The van der Waals surface area contributed by atoms with Crippen molar-refractivity contribution in [2.75, 3.05) is 44.3 Å². The Hall–Kier alpha value is -3.55. The minimum Gasteiger partial charge on any atom is -0.491 e. The molecule has 0 aromatic heterocycles. The minimum absolute atomic E-state index is 0.0540. The molecule has 1 saturated heterocycles. The predicted molar refractivity (Wildman–Crippen MR) is 137 cm³/mol. The fourth-order valence-electron chi connectivity index (χ4n) is 4.44. The van der Waals surface area contributed by atoms with E-state index in [4.69, 9.17) is 26.7 Å². The summed E-state index contributed by atoms with van der Waals surface area (Å²) >= 11 is 6.16. The molecule has 0 saturated carbocycles. The zero-order chi connectivity index (χ0) is 24.6. The first kappa shape index (κ1) is 24.6. The molecule has 6 nitrogen and oxygen atoms in total. The lowest BCUT2D eigenvalue weighted by molar-refractivity contribution is 0.201. The molecule has 7 heteroatoms. The van der Waals surface area contributed by atoms with Gasteiger partial charge in [-0.25, -0.2) is 0 Å². The van der Waals surface area contributed by atoms with Gasteiger partial charge in [0, 0.05) is 31.2 Å². The van der Waals surface area contributed by atoms with E-state index in [0.717, 1.165) is 43.9 Å². The van der Waals surface area contributed by atoms with Crippen molar-refractivity contribution in [3.8, 4) is 17.9 Å². The van der Waals surface area contributed by atoms with Crippen molar-refractivity contribution < 1.29 is 9.84 Å². The zero-order valence-corrected chi connectivity index (χ0v) is 20.2. The van der Waals surface area contributed by atoms with Gasteiger partial charge in [0.05, 0.1) is 35.5 Å². The van der Waals surface area contributed by atoms with Gasteiger partial charge >= 0.3 is 0 Å². The minimum atomic E-state index is -0.0767. The van der Waals surface area contributed by atoms with E-state index in [9.17, 15) is 5.26 Å². The summed E-state index contributed by atoms with van der Waals surface area (Å²) in [6.45, 7) is 3.47. The number of hydrogen-bond donors (Lipinski definition) is 1. The van der Waals surface area contributed by atoms with Crippen LogP contribution in [0.1, 0.15) is 28.3 Å².